The summed E-state index contributed by atoms with van der Waals surface area (Å²) < 4.78 is 13.9. The fourth-order valence-corrected chi connectivity index (χ4v) is 4.27. The number of hydrogen-bond acceptors (Lipinski definition) is 6. The second-order valence-electron chi connectivity index (χ2n) is 7.29. The first-order valence-corrected chi connectivity index (χ1v) is 9.61. The summed E-state index contributed by atoms with van der Waals surface area (Å²) in [7, 11) is 0. The second-order valence-corrected chi connectivity index (χ2v) is 7.29. The van der Waals surface area contributed by atoms with Crippen molar-refractivity contribution in [2.45, 2.75) is 38.4 Å². The van der Waals surface area contributed by atoms with Crippen molar-refractivity contribution in [1.82, 2.24) is 25.0 Å². The molecule has 27 heavy (non-hydrogen) atoms. The molecule has 0 aliphatic carbocycles. The maximum atomic E-state index is 5.86. The molecule has 0 atom stereocenters. The van der Waals surface area contributed by atoms with Crippen molar-refractivity contribution in [2.24, 2.45) is 0 Å². The van der Waals surface area contributed by atoms with Crippen molar-refractivity contribution in [3.05, 3.63) is 35.4 Å². The lowest BCUT2D eigenvalue weighted by molar-refractivity contribution is 0.162. The number of benzene rings is 1. The van der Waals surface area contributed by atoms with Crippen molar-refractivity contribution >= 4 is 12.4 Å². The summed E-state index contributed by atoms with van der Waals surface area (Å²) in [5, 5.41) is 12.2. The normalized spacial score (nSPS) is 20.0. The molecule has 146 valence electrons. The lowest BCUT2D eigenvalue weighted by Gasteiger charge is -2.32. The lowest BCUT2D eigenvalue weighted by Crippen LogP contribution is -2.35. The average molecular weight is 392 g/mol. The minimum atomic E-state index is 0. The number of aromatic nitrogens is 3. The van der Waals surface area contributed by atoms with Gasteiger partial charge in [-0.2, -0.15) is 0 Å². The van der Waals surface area contributed by atoms with Crippen molar-refractivity contribution in [2.75, 3.05) is 32.8 Å². The van der Waals surface area contributed by atoms with E-state index in [-0.39, 0.29) is 12.4 Å². The van der Waals surface area contributed by atoms with Gasteiger partial charge in [0.05, 0.1) is 6.54 Å². The van der Waals surface area contributed by atoms with Crippen LogP contribution in [0.25, 0.3) is 0 Å². The highest BCUT2D eigenvalue weighted by Gasteiger charge is 2.27. The van der Waals surface area contributed by atoms with E-state index in [9.17, 15) is 0 Å². The maximum absolute atomic E-state index is 5.86. The number of para-hydroxylation sites is 1. The number of nitrogens with zero attached hydrogens (tertiary/aromatic N) is 4. The molecule has 1 aromatic heterocycles. The number of hydrogen-bond donors (Lipinski definition) is 1. The van der Waals surface area contributed by atoms with Gasteiger partial charge in [0.1, 0.15) is 24.9 Å². The first-order valence-electron chi connectivity index (χ1n) is 9.61. The Bertz CT molecular complexity index is 788. The Labute approximate surface area is 165 Å². The monoisotopic (exact) mass is 391 g/mol. The molecule has 8 heteroatoms. The Morgan fingerprint density at radius 2 is 1.93 bits per heavy atom. The Kier molecular flexibility index (Phi) is 5.52. The molecule has 1 aromatic carbocycles. The second kappa shape index (κ2) is 8.04. The van der Waals surface area contributed by atoms with E-state index in [0.29, 0.717) is 19.1 Å². The molecule has 1 N–H and O–H groups in total. The SMILES string of the molecule is Cl.c1cc(CN2CCC(c3nnc4n3CCNC4)CC2)c2c(c1)OCCO2. The van der Waals surface area contributed by atoms with Gasteiger partial charge in [0.25, 0.3) is 0 Å². The van der Waals surface area contributed by atoms with E-state index >= 15 is 0 Å². The van der Waals surface area contributed by atoms with Gasteiger partial charge in [0, 0.05) is 31.1 Å². The Morgan fingerprint density at radius 1 is 1.07 bits per heavy atom. The van der Waals surface area contributed by atoms with Gasteiger partial charge in [0.15, 0.2) is 11.5 Å². The quantitative estimate of drug-likeness (QED) is 0.862. The zero-order chi connectivity index (χ0) is 17.3. The third kappa shape index (κ3) is 3.63. The molecule has 0 spiro atoms. The van der Waals surface area contributed by atoms with Gasteiger partial charge in [-0.05, 0) is 32.0 Å². The van der Waals surface area contributed by atoms with E-state index < -0.39 is 0 Å². The van der Waals surface area contributed by atoms with Crippen molar-refractivity contribution in [3.8, 4) is 11.5 Å². The van der Waals surface area contributed by atoms with E-state index in [1.54, 1.807) is 0 Å². The van der Waals surface area contributed by atoms with Gasteiger partial charge in [0.2, 0.25) is 0 Å². The summed E-state index contributed by atoms with van der Waals surface area (Å²) in [6, 6.07) is 6.21. The summed E-state index contributed by atoms with van der Waals surface area (Å²) in [6.07, 6.45) is 2.27. The predicted octanol–water partition coefficient (Wildman–Crippen LogP) is 1.95. The van der Waals surface area contributed by atoms with Gasteiger partial charge >= 0.3 is 0 Å². The van der Waals surface area contributed by atoms with Crippen LogP contribution in [0.4, 0.5) is 0 Å². The standard InChI is InChI=1S/C19H25N5O2.ClH/c1-2-15(18-16(3-1)25-10-11-26-18)13-23-7-4-14(5-8-23)19-22-21-17-12-20-6-9-24(17)19;/h1-3,14,20H,4-13H2;1H. The number of rotatable bonds is 3. The van der Waals surface area contributed by atoms with Crippen LogP contribution < -0.4 is 14.8 Å². The predicted molar refractivity (Wildman–Crippen MR) is 104 cm³/mol. The average Bonchev–Trinajstić information content (AvgIpc) is 3.13. The summed E-state index contributed by atoms with van der Waals surface area (Å²) in [6.45, 7) is 7.20. The van der Waals surface area contributed by atoms with Gasteiger partial charge in [-0.15, -0.1) is 22.6 Å². The zero-order valence-corrected chi connectivity index (χ0v) is 16.2. The summed E-state index contributed by atoms with van der Waals surface area (Å²) in [5.41, 5.74) is 1.23. The molecule has 5 rings (SSSR count). The minimum Gasteiger partial charge on any atom is -0.486 e. The molecule has 0 radical (unpaired) electrons. The Balaban J connectivity index is 0.00000180. The Morgan fingerprint density at radius 3 is 2.81 bits per heavy atom. The zero-order valence-electron chi connectivity index (χ0n) is 15.4. The molecule has 0 amide bonds. The molecule has 4 heterocycles. The fraction of sp³-hybridized carbons (Fsp3) is 0.579. The third-order valence-electron chi connectivity index (χ3n) is 5.65. The number of fused-ring (bicyclic) bond motifs is 2. The molecule has 1 fully saturated rings. The summed E-state index contributed by atoms with van der Waals surface area (Å²) in [4.78, 5) is 2.51. The van der Waals surface area contributed by atoms with E-state index in [0.717, 1.165) is 69.4 Å². The highest BCUT2D eigenvalue weighted by atomic mass is 35.5. The van der Waals surface area contributed by atoms with Crippen LogP contribution in [0.1, 0.15) is 36.0 Å². The van der Waals surface area contributed by atoms with Crippen molar-refractivity contribution in [1.29, 1.82) is 0 Å². The molecule has 7 nitrogen and oxygen atoms in total. The van der Waals surface area contributed by atoms with Gasteiger partial charge in [-0.3, -0.25) is 4.90 Å². The first kappa shape index (κ1) is 18.5. The molecule has 3 aliphatic heterocycles. The van der Waals surface area contributed by atoms with Crippen LogP contribution in [0.3, 0.4) is 0 Å². The van der Waals surface area contributed by atoms with E-state index in [1.165, 1.54) is 11.4 Å². The lowest BCUT2D eigenvalue weighted by atomic mass is 9.95. The maximum Gasteiger partial charge on any atom is 0.165 e. The molecule has 3 aliphatic rings. The number of ether oxygens (including phenoxy) is 2. The van der Waals surface area contributed by atoms with Crippen LogP contribution in [-0.2, 0) is 19.6 Å². The highest BCUT2D eigenvalue weighted by molar-refractivity contribution is 5.85. The van der Waals surface area contributed by atoms with Gasteiger partial charge in [-0.25, -0.2) is 0 Å². The topological polar surface area (TPSA) is 64.4 Å². The van der Waals surface area contributed by atoms with E-state index in [2.05, 4.69) is 37.1 Å². The number of halogens is 1. The molecule has 0 bridgehead atoms. The van der Waals surface area contributed by atoms with Gasteiger partial charge in [-0.1, -0.05) is 12.1 Å². The number of nitrogens with one attached hydrogen (secondary N) is 1. The highest BCUT2D eigenvalue weighted by Crippen LogP contribution is 2.35. The van der Waals surface area contributed by atoms with Crippen LogP contribution in [0, 0.1) is 0 Å². The minimum absolute atomic E-state index is 0. The van der Waals surface area contributed by atoms with Crippen LogP contribution in [0.2, 0.25) is 0 Å². The first-order chi connectivity index (χ1) is 12.9. The summed E-state index contributed by atoms with van der Waals surface area (Å²) in [5.74, 6) is 4.61. The van der Waals surface area contributed by atoms with Crippen LogP contribution in [0.15, 0.2) is 18.2 Å². The van der Waals surface area contributed by atoms with Crippen molar-refractivity contribution in [3.63, 3.8) is 0 Å². The van der Waals surface area contributed by atoms with Crippen LogP contribution in [-0.4, -0.2) is 52.5 Å². The molecular weight excluding hydrogens is 366 g/mol. The smallest absolute Gasteiger partial charge is 0.165 e. The largest absolute Gasteiger partial charge is 0.486 e. The molecular formula is C19H26ClN5O2. The van der Waals surface area contributed by atoms with E-state index in [1.807, 2.05) is 6.07 Å². The van der Waals surface area contributed by atoms with Crippen LogP contribution in [0.5, 0.6) is 11.5 Å². The summed E-state index contributed by atoms with van der Waals surface area (Å²) >= 11 is 0. The molecule has 1 saturated heterocycles. The molecule has 2 aromatic rings. The van der Waals surface area contributed by atoms with Crippen molar-refractivity contribution < 1.29 is 9.47 Å². The van der Waals surface area contributed by atoms with E-state index in [4.69, 9.17) is 9.47 Å². The molecule has 0 saturated carbocycles. The van der Waals surface area contributed by atoms with Crippen LogP contribution >= 0.6 is 12.4 Å². The third-order valence-corrected chi connectivity index (χ3v) is 5.65. The molecule has 0 unspecified atom stereocenters. The number of likely N-dealkylation sites (tertiary alicyclic amines) is 1. The number of piperidine rings is 1. The fourth-order valence-electron chi connectivity index (χ4n) is 4.27. The Hall–Kier alpha value is -1.83. The van der Waals surface area contributed by atoms with Gasteiger partial charge < -0.3 is 19.4 Å².